The van der Waals surface area contributed by atoms with Crippen LogP contribution >= 0.6 is 0 Å². The van der Waals surface area contributed by atoms with Gasteiger partial charge in [-0.25, -0.2) is 9.18 Å². The zero-order valence-corrected chi connectivity index (χ0v) is 9.20. The van der Waals surface area contributed by atoms with E-state index in [4.69, 9.17) is 4.74 Å². The zero-order valence-electron chi connectivity index (χ0n) is 9.20. The molecule has 0 aromatic heterocycles. The number of anilines is 1. The first-order valence-electron chi connectivity index (χ1n) is 5.69. The van der Waals surface area contributed by atoms with Crippen LogP contribution in [-0.4, -0.2) is 19.2 Å². The third-order valence-corrected chi connectivity index (χ3v) is 3.34. The van der Waals surface area contributed by atoms with E-state index in [1.807, 2.05) is 6.07 Å². The molecule has 1 aromatic carbocycles. The molecule has 1 fully saturated rings. The summed E-state index contributed by atoms with van der Waals surface area (Å²) in [5.74, 6) is -0.164. The van der Waals surface area contributed by atoms with Crippen molar-refractivity contribution in [2.24, 2.45) is 5.92 Å². The standard InChI is InChI=1S/C12H13FN2O2/c13-9-3-1-2-8-10(7-4-5-17-6-7)14-12(16)15-11(8)9/h1-3,7,10H,4-6H2,(H2,14,15,16). The van der Waals surface area contributed by atoms with E-state index in [1.165, 1.54) is 6.07 Å². The van der Waals surface area contributed by atoms with E-state index in [2.05, 4.69) is 10.6 Å². The highest BCUT2D eigenvalue weighted by atomic mass is 19.1. The summed E-state index contributed by atoms with van der Waals surface area (Å²) in [6.45, 7) is 1.32. The van der Waals surface area contributed by atoms with Crippen molar-refractivity contribution in [1.29, 1.82) is 0 Å². The number of nitrogens with one attached hydrogen (secondary N) is 2. The minimum absolute atomic E-state index is 0.156. The van der Waals surface area contributed by atoms with Crippen LogP contribution in [0.25, 0.3) is 0 Å². The van der Waals surface area contributed by atoms with Crippen molar-refractivity contribution in [2.75, 3.05) is 18.5 Å². The molecule has 0 saturated carbocycles. The van der Waals surface area contributed by atoms with Gasteiger partial charge in [-0.05, 0) is 12.5 Å². The molecule has 0 aliphatic carbocycles. The molecule has 90 valence electrons. The summed E-state index contributed by atoms with van der Waals surface area (Å²) in [7, 11) is 0. The van der Waals surface area contributed by atoms with Crippen LogP contribution < -0.4 is 10.6 Å². The van der Waals surface area contributed by atoms with Crippen molar-refractivity contribution in [3.05, 3.63) is 29.6 Å². The summed E-state index contributed by atoms with van der Waals surface area (Å²) >= 11 is 0. The molecule has 17 heavy (non-hydrogen) atoms. The molecule has 0 bridgehead atoms. The van der Waals surface area contributed by atoms with Gasteiger partial charge in [0.15, 0.2) is 0 Å². The van der Waals surface area contributed by atoms with E-state index in [0.717, 1.165) is 12.0 Å². The van der Waals surface area contributed by atoms with Gasteiger partial charge in [-0.3, -0.25) is 0 Å². The predicted octanol–water partition coefficient (Wildman–Crippen LogP) is 2.04. The lowest BCUT2D eigenvalue weighted by atomic mass is 9.90. The zero-order chi connectivity index (χ0) is 11.8. The van der Waals surface area contributed by atoms with Gasteiger partial charge in [-0.15, -0.1) is 0 Å². The number of ether oxygens (including phenoxy) is 1. The molecule has 1 saturated heterocycles. The maximum absolute atomic E-state index is 13.6. The van der Waals surface area contributed by atoms with Crippen LogP contribution in [-0.2, 0) is 4.74 Å². The maximum Gasteiger partial charge on any atom is 0.319 e. The van der Waals surface area contributed by atoms with Crippen molar-refractivity contribution in [3.63, 3.8) is 0 Å². The highest BCUT2D eigenvalue weighted by molar-refractivity contribution is 5.93. The number of hydrogen-bond acceptors (Lipinski definition) is 2. The second-order valence-electron chi connectivity index (χ2n) is 4.40. The lowest BCUT2D eigenvalue weighted by Gasteiger charge is -2.30. The first-order chi connectivity index (χ1) is 8.25. The van der Waals surface area contributed by atoms with Gasteiger partial charge in [0.1, 0.15) is 5.82 Å². The van der Waals surface area contributed by atoms with Crippen LogP contribution in [0.15, 0.2) is 18.2 Å². The quantitative estimate of drug-likeness (QED) is 0.784. The summed E-state index contributed by atoms with van der Waals surface area (Å²) in [6.07, 6.45) is 0.890. The van der Waals surface area contributed by atoms with Gasteiger partial charge in [-0.1, -0.05) is 12.1 Å². The molecule has 0 radical (unpaired) electrons. The normalized spacial score (nSPS) is 27.2. The smallest absolute Gasteiger partial charge is 0.319 e. The van der Waals surface area contributed by atoms with E-state index >= 15 is 0 Å². The average molecular weight is 236 g/mol. The number of carbonyl (C=O) groups excluding carboxylic acids is 1. The molecule has 2 heterocycles. The number of rotatable bonds is 1. The Hall–Kier alpha value is -1.62. The predicted molar refractivity (Wildman–Crippen MR) is 60.2 cm³/mol. The maximum atomic E-state index is 13.6. The number of para-hydroxylation sites is 1. The number of benzene rings is 1. The summed E-state index contributed by atoms with van der Waals surface area (Å²) < 4.78 is 19.0. The summed E-state index contributed by atoms with van der Waals surface area (Å²) in [6, 6.07) is 4.35. The molecular formula is C12H13FN2O2. The lowest BCUT2D eigenvalue weighted by Crippen LogP contribution is -2.41. The molecule has 2 aliphatic heterocycles. The van der Waals surface area contributed by atoms with Crippen molar-refractivity contribution >= 4 is 11.7 Å². The molecule has 2 atom stereocenters. The lowest BCUT2D eigenvalue weighted by molar-refractivity contribution is 0.176. The molecule has 2 unspecified atom stereocenters. The van der Waals surface area contributed by atoms with Gasteiger partial charge in [-0.2, -0.15) is 0 Å². The molecule has 5 heteroatoms. The highest BCUT2D eigenvalue weighted by Crippen LogP contribution is 2.36. The van der Waals surface area contributed by atoms with E-state index in [1.54, 1.807) is 6.07 Å². The second-order valence-corrected chi connectivity index (χ2v) is 4.40. The van der Waals surface area contributed by atoms with E-state index in [9.17, 15) is 9.18 Å². The number of urea groups is 1. The third-order valence-electron chi connectivity index (χ3n) is 3.34. The van der Waals surface area contributed by atoms with Crippen molar-refractivity contribution < 1.29 is 13.9 Å². The topological polar surface area (TPSA) is 50.4 Å². The van der Waals surface area contributed by atoms with Crippen molar-refractivity contribution in [1.82, 2.24) is 5.32 Å². The first kappa shape index (κ1) is 10.5. The molecular weight excluding hydrogens is 223 g/mol. The Labute approximate surface area is 98.1 Å². The Morgan fingerprint density at radius 2 is 2.29 bits per heavy atom. The van der Waals surface area contributed by atoms with Crippen LogP contribution in [0.5, 0.6) is 0 Å². The third kappa shape index (κ3) is 1.76. The largest absolute Gasteiger partial charge is 0.381 e. The molecule has 0 spiro atoms. The summed E-state index contributed by atoms with van der Waals surface area (Å²) in [5.41, 5.74) is 1.10. The van der Waals surface area contributed by atoms with Gasteiger partial charge >= 0.3 is 6.03 Å². The van der Waals surface area contributed by atoms with Crippen LogP contribution in [0.1, 0.15) is 18.0 Å². The number of fused-ring (bicyclic) bond motifs is 1. The fraction of sp³-hybridized carbons (Fsp3) is 0.417. The molecule has 1 aromatic rings. The molecule has 4 nitrogen and oxygen atoms in total. The number of amides is 2. The van der Waals surface area contributed by atoms with Gasteiger partial charge in [0.25, 0.3) is 0 Å². The van der Waals surface area contributed by atoms with E-state index < -0.39 is 0 Å². The summed E-state index contributed by atoms with van der Waals surface area (Å²) in [5, 5.41) is 5.36. The van der Waals surface area contributed by atoms with Gasteiger partial charge in [0.2, 0.25) is 0 Å². The van der Waals surface area contributed by atoms with Crippen LogP contribution in [0.3, 0.4) is 0 Å². The average Bonchev–Trinajstić information content (AvgIpc) is 2.83. The molecule has 3 rings (SSSR count). The van der Waals surface area contributed by atoms with E-state index in [-0.39, 0.29) is 23.8 Å². The van der Waals surface area contributed by atoms with Gasteiger partial charge < -0.3 is 15.4 Å². The van der Waals surface area contributed by atoms with Crippen LogP contribution in [0.2, 0.25) is 0 Å². The fourth-order valence-electron chi connectivity index (χ4n) is 2.49. The van der Waals surface area contributed by atoms with E-state index in [0.29, 0.717) is 18.9 Å². The summed E-state index contributed by atoms with van der Waals surface area (Å²) in [4.78, 5) is 11.5. The van der Waals surface area contributed by atoms with Gasteiger partial charge in [0, 0.05) is 18.1 Å². The van der Waals surface area contributed by atoms with Crippen molar-refractivity contribution in [2.45, 2.75) is 12.5 Å². The Balaban J connectivity index is 2.01. The van der Waals surface area contributed by atoms with Crippen LogP contribution in [0, 0.1) is 11.7 Å². The van der Waals surface area contributed by atoms with Crippen molar-refractivity contribution in [3.8, 4) is 0 Å². The fourth-order valence-corrected chi connectivity index (χ4v) is 2.49. The molecule has 2 aliphatic rings. The number of halogens is 1. The van der Waals surface area contributed by atoms with Crippen LogP contribution in [0.4, 0.5) is 14.9 Å². The second kappa shape index (κ2) is 4.00. The molecule has 2 amide bonds. The Kier molecular flexibility index (Phi) is 2.48. The minimum atomic E-state index is -0.388. The SMILES string of the molecule is O=C1Nc2c(F)cccc2C(C2CCOC2)N1. The Bertz CT molecular complexity index is 458. The monoisotopic (exact) mass is 236 g/mol. The Morgan fingerprint density at radius 1 is 1.41 bits per heavy atom. The molecule has 2 N–H and O–H groups in total. The Morgan fingerprint density at radius 3 is 3.06 bits per heavy atom. The minimum Gasteiger partial charge on any atom is -0.381 e. The number of hydrogen-bond donors (Lipinski definition) is 2. The van der Waals surface area contributed by atoms with Gasteiger partial charge in [0.05, 0.1) is 18.3 Å². The first-order valence-corrected chi connectivity index (χ1v) is 5.69. The highest BCUT2D eigenvalue weighted by Gasteiger charge is 2.34. The number of carbonyl (C=O) groups is 1.